The molecule has 0 saturated carbocycles. The Morgan fingerprint density at radius 3 is 2.13 bits per heavy atom. The summed E-state index contributed by atoms with van der Waals surface area (Å²) in [5, 5.41) is 20.5. The Morgan fingerprint density at radius 1 is 0.968 bits per heavy atom. The lowest BCUT2D eigenvalue weighted by atomic mass is 9.97. The second kappa shape index (κ2) is 9.32. The van der Waals surface area contributed by atoms with Gasteiger partial charge in [0.25, 0.3) is 0 Å². The summed E-state index contributed by atoms with van der Waals surface area (Å²) in [7, 11) is 0. The molecule has 1 unspecified atom stereocenters. The van der Waals surface area contributed by atoms with Crippen molar-refractivity contribution in [2.75, 3.05) is 5.75 Å². The van der Waals surface area contributed by atoms with Gasteiger partial charge in [0.05, 0.1) is 12.1 Å². The number of hydrogen-bond donors (Lipinski definition) is 2. The fourth-order valence-electron chi connectivity index (χ4n) is 4.63. The smallest absolute Gasteiger partial charge is 0.321 e. The van der Waals surface area contributed by atoms with Gasteiger partial charge in [0.1, 0.15) is 4.93 Å². The Kier molecular flexibility index (Phi) is 6.53. The second-order valence-electron chi connectivity index (χ2n) is 8.28. The molecule has 2 aliphatic heterocycles. The van der Waals surface area contributed by atoms with Crippen molar-refractivity contribution in [3.63, 3.8) is 0 Å². The summed E-state index contributed by atoms with van der Waals surface area (Å²) in [5.41, 5.74) is 2.10. The maximum atomic E-state index is 13.5. The number of carboxylic acid groups (broad SMARTS) is 1. The number of carbonyl (C=O) groups excluding carboxylic acids is 1. The zero-order valence-electron chi connectivity index (χ0n) is 17.4. The van der Waals surface area contributed by atoms with Crippen molar-refractivity contribution in [2.24, 2.45) is 0 Å². The molecule has 0 spiro atoms. The Balaban J connectivity index is 1.56. The quantitative estimate of drug-likeness (QED) is 0.456. The Bertz CT molecular complexity index is 910. The first-order valence-corrected chi connectivity index (χ1v) is 11.7. The van der Waals surface area contributed by atoms with E-state index in [0.717, 1.165) is 11.1 Å². The number of thioether (sulfide) groups is 1. The maximum Gasteiger partial charge on any atom is 0.321 e. The van der Waals surface area contributed by atoms with Crippen LogP contribution in [0.1, 0.15) is 36.8 Å². The first kappa shape index (κ1) is 21.7. The highest BCUT2D eigenvalue weighted by atomic mass is 32.2. The SMILES string of the molecule is O=C(O)CCCCC1(O)SC[C@@H]2[C@H]1N(Cc1ccccc1)C(=O)N2Cc1ccccc1. The number of carbonyl (C=O) groups is 2. The van der Waals surface area contributed by atoms with Crippen molar-refractivity contribution in [3.05, 3.63) is 71.8 Å². The van der Waals surface area contributed by atoms with Gasteiger partial charge in [0, 0.05) is 25.3 Å². The first-order chi connectivity index (χ1) is 15.0. The van der Waals surface area contributed by atoms with E-state index >= 15 is 0 Å². The fraction of sp³-hybridized carbons (Fsp3) is 0.417. The minimum atomic E-state index is -1.07. The van der Waals surface area contributed by atoms with Crippen LogP contribution >= 0.6 is 11.8 Å². The van der Waals surface area contributed by atoms with Crippen molar-refractivity contribution < 1.29 is 19.8 Å². The number of urea groups is 1. The molecule has 2 aliphatic rings. The molecule has 2 fully saturated rings. The lowest BCUT2D eigenvalue weighted by Crippen LogP contribution is -2.48. The van der Waals surface area contributed by atoms with Gasteiger partial charge in [0.2, 0.25) is 0 Å². The molecule has 0 aromatic heterocycles. The number of aliphatic hydroxyl groups is 1. The van der Waals surface area contributed by atoms with Crippen LogP contribution in [0.5, 0.6) is 0 Å². The molecular formula is C24H28N2O4S. The Labute approximate surface area is 186 Å². The van der Waals surface area contributed by atoms with Crippen LogP contribution in [0.25, 0.3) is 0 Å². The standard InChI is InChI=1S/C24H28N2O4S/c27-21(28)13-7-8-14-24(30)22-20(17-31-24)25(15-18-9-3-1-4-10-18)23(29)26(22)16-19-11-5-2-6-12-19/h1-6,9-12,20,22,30H,7-8,13-17H2,(H,27,28)/t20-,22-,24?/m1/s1. The number of unbranched alkanes of at least 4 members (excludes halogenated alkanes) is 1. The average molecular weight is 441 g/mol. The normalized spacial score (nSPS) is 25.1. The third-order valence-electron chi connectivity index (χ3n) is 6.13. The number of hydrogen-bond acceptors (Lipinski definition) is 4. The van der Waals surface area contributed by atoms with Gasteiger partial charge in [-0.2, -0.15) is 0 Å². The van der Waals surface area contributed by atoms with E-state index in [0.29, 0.717) is 38.1 Å². The van der Waals surface area contributed by atoms with Crippen molar-refractivity contribution in [2.45, 2.75) is 55.8 Å². The number of nitrogens with zero attached hydrogens (tertiary/aromatic N) is 2. The number of rotatable bonds is 9. The minimum Gasteiger partial charge on any atom is -0.481 e. The molecule has 31 heavy (non-hydrogen) atoms. The monoisotopic (exact) mass is 440 g/mol. The number of fused-ring (bicyclic) bond motifs is 1. The molecule has 2 heterocycles. The third kappa shape index (κ3) is 4.72. The summed E-state index contributed by atoms with van der Waals surface area (Å²) in [6, 6.07) is 19.3. The average Bonchev–Trinajstić information content (AvgIpc) is 3.23. The highest BCUT2D eigenvalue weighted by Gasteiger charge is 2.59. The molecule has 6 nitrogen and oxygen atoms in total. The van der Waals surface area contributed by atoms with Crippen molar-refractivity contribution in [1.29, 1.82) is 0 Å². The molecule has 2 amide bonds. The van der Waals surface area contributed by atoms with E-state index in [1.54, 1.807) is 0 Å². The van der Waals surface area contributed by atoms with E-state index in [1.165, 1.54) is 11.8 Å². The predicted octanol–water partition coefficient (Wildman–Crippen LogP) is 3.94. The van der Waals surface area contributed by atoms with Crippen LogP contribution in [0, 0.1) is 0 Å². The van der Waals surface area contributed by atoms with E-state index in [9.17, 15) is 14.7 Å². The molecule has 2 N–H and O–H groups in total. The maximum absolute atomic E-state index is 13.5. The minimum absolute atomic E-state index is 0.0491. The van der Waals surface area contributed by atoms with Gasteiger partial charge in [-0.05, 0) is 30.4 Å². The third-order valence-corrected chi connectivity index (χ3v) is 7.58. The molecular weight excluding hydrogens is 412 g/mol. The van der Waals surface area contributed by atoms with Crippen LogP contribution in [0.4, 0.5) is 4.79 Å². The molecule has 164 valence electrons. The zero-order chi connectivity index (χ0) is 21.8. The predicted molar refractivity (Wildman–Crippen MR) is 120 cm³/mol. The first-order valence-electron chi connectivity index (χ1n) is 10.7. The number of aliphatic carboxylic acids is 1. The van der Waals surface area contributed by atoms with Crippen LogP contribution in [0.3, 0.4) is 0 Å². The zero-order valence-corrected chi connectivity index (χ0v) is 18.2. The molecule has 2 aromatic carbocycles. The van der Waals surface area contributed by atoms with Gasteiger partial charge in [-0.1, -0.05) is 60.7 Å². The van der Waals surface area contributed by atoms with Gasteiger partial charge in [-0.3, -0.25) is 4.79 Å². The van der Waals surface area contributed by atoms with E-state index in [2.05, 4.69) is 0 Å². The lowest BCUT2D eigenvalue weighted by molar-refractivity contribution is -0.137. The summed E-state index contributed by atoms with van der Waals surface area (Å²) in [6.07, 6.45) is 1.71. The lowest BCUT2D eigenvalue weighted by Gasteiger charge is -2.34. The van der Waals surface area contributed by atoms with Crippen LogP contribution in [-0.4, -0.2) is 54.8 Å². The topological polar surface area (TPSA) is 81.1 Å². The van der Waals surface area contributed by atoms with Crippen LogP contribution < -0.4 is 0 Å². The van der Waals surface area contributed by atoms with E-state index < -0.39 is 10.9 Å². The second-order valence-corrected chi connectivity index (χ2v) is 9.61. The molecule has 0 bridgehead atoms. The van der Waals surface area contributed by atoms with Gasteiger partial charge in [-0.25, -0.2) is 4.79 Å². The van der Waals surface area contributed by atoms with Crippen molar-refractivity contribution in [1.82, 2.24) is 9.80 Å². The molecule has 2 aromatic rings. The molecule has 4 rings (SSSR count). The van der Waals surface area contributed by atoms with E-state index in [1.807, 2.05) is 70.5 Å². The van der Waals surface area contributed by atoms with Crippen molar-refractivity contribution >= 4 is 23.8 Å². The molecule has 0 radical (unpaired) electrons. The van der Waals surface area contributed by atoms with Crippen LogP contribution in [0.2, 0.25) is 0 Å². The Morgan fingerprint density at radius 2 is 1.55 bits per heavy atom. The van der Waals surface area contributed by atoms with Crippen LogP contribution in [0.15, 0.2) is 60.7 Å². The highest BCUT2D eigenvalue weighted by molar-refractivity contribution is 8.00. The summed E-state index contributed by atoms with van der Waals surface area (Å²) in [5.74, 6) is -0.149. The van der Waals surface area contributed by atoms with Gasteiger partial charge >= 0.3 is 12.0 Å². The van der Waals surface area contributed by atoms with Gasteiger partial charge in [-0.15, -0.1) is 11.8 Å². The summed E-state index contributed by atoms with van der Waals surface area (Å²) in [4.78, 5) is 27.0. The van der Waals surface area contributed by atoms with Crippen LogP contribution in [-0.2, 0) is 17.9 Å². The highest BCUT2D eigenvalue weighted by Crippen LogP contribution is 2.48. The summed E-state index contributed by atoms with van der Waals surface area (Å²) >= 11 is 1.50. The molecule has 7 heteroatoms. The van der Waals surface area contributed by atoms with Gasteiger partial charge < -0.3 is 20.0 Å². The number of carboxylic acids is 1. The largest absolute Gasteiger partial charge is 0.481 e. The van der Waals surface area contributed by atoms with E-state index in [-0.39, 0.29) is 24.5 Å². The van der Waals surface area contributed by atoms with E-state index in [4.69, 9.17) is 5.11 Å². The summed E-state index contributed by atoms with van der Waals surface area (Å²) < 4.78 is 0. The van der Waals surface area contributed by atoms with Crippen molar-refractivity contribution in [3.8, 4) is 0 Å². The Hall–Kier alpha value is -2.51. The molecule has 0 aliphatic carbocycles. The fourth-order valence-corrected chi connectivity index (χ4v) is 6.20. The molecule has 2 saturated heterocycles. The number of amides is 2. The van der Waals surface area contributed by atoms with Gasteiger partial charge in [0.15, 0.2) is 0 Å². The summed E-state index contributed by atoms with van der Waals surface area (Å²) in [6.45, 7) is 0.964. The molecule has 3 atom stereocenters. The number of benzene rings is 2.